The van der Waals surface area contributed by atoms with Crippen LogP contribution in [0.15, 0.2) is 27.5 Å². The minimum atomic E-state index is -0.415. The summed E-state index contributed by atoms with van der Waals surface area (Å²) in [7, 11) is 0. The third-order valence-corrected chi connectivity index (χ3v) is 3.75. The highest BCUT2D eigenvalue weighted by Gasteiger charge is 2.36. The van der Waals surface area contributed by atoms with Gasteiger partial charge in [-0.25, -0.2) is 0 Å². The van der Waals surface area contributed by atoms with Gasteiger partial charge < -0.3 is 10.3 Å². The fourth-order valence-electron chi connectivity index (χ4n) is 2.30. The largest absolute Gasteiger partial charge is 0.334 e. The molecule has 2 aromatic heterocycles. The molecule has 0 amide bonds. The van der Waals surface area contributed by atoms with E-state index in [4.69, 9.17) is 10.3 Å². The summed E-state index contributed by atoms with van der Waals surface area (Å²) >= 11 is 3.37. The lowest BCUT2D eigenvalue weighted by Crippen LogP contribution is -2.34. The molecule has 2 aromatic rings. The topological polar surface area (TPSA) is 77.8 Å². The first-order valence-electron chi connectivity index (χ1n) is 5.91. The van der Waals surface area contributed by atoms with Gasteiger partial charge in [-0.05, 0) is 34.8 Å². The molecule has 2 heterocycles. The lowest BCUT2D eigenvalue weighted by Gasteiger charge is -2.17. The number of pyridine rings is 1. The number of rotatable bonds is 2. The van der Waals surface area contributed by atoms with Gasteiger partial charge in [0.25, 0.3) is 5.89 Å². The molecule has 1 fully saturated rings. The van der Waals surface area contributed by atoms with E-state index in [1.807, 2.05) is 6.07 Å². The van der Waals surface area contributed by atoms with E-state index >= 15 is 0 Å². The molecule has 0 saturated heterocycles. The van der Waals surface area contributed by atoms with E-state index < -0.39 is 5.54 Å². The molecule has 0 bridgehead atoms. The number of hydrogen-bond donors (Lipinski definition) is 1. The van der Waals surface area contributed by atoms with Crippen molar-refractivity contribution in [3.8, 4) is 11.5 Å². The van der Waals surface area contributed by atoms with Gasteiger partial charge in [-0.1, -0.05) is 18.0 Å². The number of hydrogen-bond acceptors (Lipinski definition) is 5. The third kappa shape index (κ3) is 2.06. The van der Waals surface area contributed by atoms with Gasteiger partial charge in [0, 0.05) is 16.9 Å². The Morgan fingerprint density at radius 2 is 2.06 bits per heavy atom. The van der Waals surface area contributed by atoms with E-state index in [1.54, 1.807) is 12.4 Å². The average Bonchev–Trinajstić information content (AvgIpc) is 2.98. The van der Waals surface area contributed by atoms with Crippen molar-refractivity contribution in [3.63, 3.8) is 0 Å². The zero-order valence-corrected chi connectivity index (χ0v) is 11.4. The van der Waals surface area contributed by atoms with Gasteiger partial charge in [0.2, 0.25) is 0 Å². The van der Waals surface area contributed by atoms with Crippen molar-refractivity contribution in [3.05, 3.63) is 28.8 Å². The molecule has 1 aliphatic rings. The molecule has 1 saturated carbocycles. The minimum Gasteiger partial charge on any atom is -0.334 e. The predicted octanol–water partition coefficient (Wildman–Crippen LogP) is 2.62. The lowest BCUT2D eigenvalue weighted by atomic mass is 9.99. The van der Waals surface area contributed by atoms with Crippen LogP contribution >= 0.6 is 15.9 Å². The molecule has 0 spiro atoms. The molecule has 0 unspecified atom stereocenters. The summed E-state index contributed by atoms with van der Waals surface area (Å²) in [6, 6.07) is 1.89. The zero-order valence-electron chi connectivity index (χ0n) is 9.77. The Balaban J connectivity index is 1.94. The van der Waals surface area contributed by atoms with Gasteiger partial charge >= 0.3 is 0 Å². The molecular formula is C12H13BrN4O. The Morgan fingerprint density at radius 3 is 2.78 bits per heavy atom. The molecule has 2 N–H and O–H groups in total. The van der Waals surface area contributed by atoms with Gasteiger partial charge in [0.1, 0.15) is 0 Å². The van der Waals surface area contributed by atoms with Crippen LogP contribution in [0.1, 0.15) is 31.5 Å². The van der Waals surface area contributed by atoms with Crippen molar-refractivity contribution >= 4 is 15.9 Å². The number of aromatic nitrogens is 3. The summed E-state index contributed by atoms with van der Waals surface area (Å²) in [5.74, 6) is 1.07. The fraction of sp³-hybridized carbons (Fsp3) is 0.417. The standard InChI is InChI=1S/C12H13BrN4O/c13-9-5-8(6-15-7-9)10-16-11(17-18-10)12(14)3-1-2-4-12/h5-7H,1-4,14H2. The molecule has 18 heavy (non-hydrogen) atoms. The van der Waals surface area contributed by atoms with Gasteiger partial charge in [-0.2, -0.15) is 4.98 Å². The van der Waals surface area contributed by atoms with Crippen LogP contribution in [0.5, 0.6) is 0 Å². The van der Waals surface area contributed by atoms with Crippen LogP contribution in [0.4, 0.5) is 0 Å². The highest BCUT2D eigenvalue weighted by atomic mass is 79.9. The normalized spacial score (nSPS) is 18.1. The summed E-state index contributed by atoms with van der Waals surface area (Å²) in [5.41, 5.74) is 6.67. The van der Waals surface area contributed by atoms with Crippen LogP contribution < -0.4 is 5.73 Å². The monoisotopic (exact) mass is 308 g/mol. The molecule has 94 valence electrons. The van der Waals surface area contributed by atoms with Crippen molar-refractivity contribution < 1.29 is 4.52 Å². The van der Waals surface area contributed by atoms with Gasteiger partial charge in [-0.3, -0.25) is 4.98 Å². The highest BCUT2D eigenvalue weighted by molar-refractivity contribution is 9.10. The molecule has 0 atom stereocenters. The first kappa shape index (κ1) is 11.8. The predicted molar refractivity (Wildman–Crippen MR) is 69.6 cm³/mol. The summed E-state index contributed by atoms with van der Waals surface area (Å²) < 4.78 is 6.16. The molecule has 0 radical (unpaired) electrons. The molecule has 0 aromatic carbocycles. The maximum Gasteiger partial charge on any atom is 0.259 e. The molecule has 6 heteroatoms. The van der Waals surface area contributed by atoms with Crippen LogP contribution in [0, 0.1) is 0 Å². The van der Waals surface area contributed by atoms with Crippen LogP contribution in [-0.2, 0) is 5.54 Å². The second-order valence-corrected chi connectivity index (χ2v) is 5.59. The number of nitrogens with zero attached hydrogens (tertiary/aromatic N) is 3. The van der Waals surface area contributed by atoms with Gasteiger partial charge in [-0.15, -0.1) is 0 Å². The Morgan fingerprint density at radius 1 is 1.28 bits per heavy atom. The van der Waals surface area contributed by atoms with Crippen molar-refractivity contribution in [1.29, 1.82) is 0 Å². The summed E-state index contributed by atoms with van der Waals surface area (Å²) in [5, 5.41) is 4.02. The van der Waals surface area contributed by atoms with E-state index in [0.717, 1.165) is 35.7 Å². The quantitative estimate of drug-likeness (QED) is 0.922. The maximum atomic E-state index is 6.29. The van der Waals surface area contributed by atoms with Crippen LogP contribution in [0.3, 0.4) is 0 Å². The van der Waals surface area contributed by atoms with Crippen LogP contribution in [-0.4, -0.2) is 15.1 Å². The SMILES string of the molecule is NC1(c2noc(-c3cncc(Br)c3)n2)CCCC1. The zero-order chi connectivity index (χ0) is 12.6. The second-order valence-electron chi connectivity index (χ2n) is 4.68. The molecular weight excluding hydrogens is 296 g/mol. The van der Waals surface area contributed by atoms with Crippen molar-refractivity contribution in [2.24, 2.45) is 5.73 Å². The second kappa shape index (κ2) is 4.44. The first-order valence-corrected chi connectivity index (χ1v) is 6.71. The Bertz CT molecular complexity index is 563. The lowest BCUT2D eigenvalue weighted by molar-refractivity contribution is 0.372. The third-order valence-electron chi connectivity index (χ3n) is 3.32. The Labute approximate surface area is 113 Å². The van der Waals surface area contributed by atoms with E-state index in [9.17, 15) is 0 Å². The van der Waals surface area contributed by atoms with E-state index in [0.29, 0.717) is 11.7 Å². The van der Waals surface area contributed by atoms with Crippen LogP contribution in [0.2, 0.25) is 0 Å². The molecule has 5 nitrogen and oxygen atoms in total. The minimum absolute atomic E-state index is 0.415. The number of nitrogens with two attached hydrogens (primary N) is 1. The Kier molecular flexibility index (Phi) is 2.91. The van der Waals surface area contributed by atoms with Gasteiger partial charge in [0.05, 0.1) is 11.1 Å². The van der Waals surface area contributed by atoms with E-state index in [-0.39, 0.29) is 0 Å². The summed E-state index contributed by atoms with van der Waals surface area (Å²) in [6.07, 6.45) is 7.49. The van der Waals surface area contributed by atoms with Crippen LogP contribution in [0.25, 0.3) is 11.5 Å². The first-order chi connectivity index (χ1) is 8.67. The molecule has 0 aliphatic heterocycles. The van der Waals surface area contributed by atoms with Crippen molar-refractivity contribution in [1.82, 2.24) is 15.1 Å². The van der Waals surface area contributed by atoms with Crippen molar-refractivity contribution in [2.75, 3.05) is 0 Å². The van der Waals surface area contributed by atoms with E-state index in [1.165, 1.54) is 0 Å². The maximum absolute atomic E-state index is 6.29. The summed E-state index contributed by atoms with van der Waals surface area (Å²) in [4.78, 5) is 8.49. The van der Waals surface area contributed by atoms with E-state index in [2.05, 4.69) is 31.1 Å². The average molecular weight is 309 g/mol. The molecule has 3 rings (SSSR count). The summed E-state index contributed by atoms with van der Waals surface area (Å²) in [6.45, 7) is 0. The van der Waals surface area contributed by atoms with Gasteiger partial charge in [0.15, 0.2) is 5.82 Å². The fourth-order valence-corrected chi connectivity index (χ4v) is 2.67. The smallest absolute Gasteiger partial charge is 0.259 e. The highest BCUT2D eigenvalue weighted by Crippen LogP contribution is 2.35. The molecule has 1 aliphatic carbocycles. The number of halogens is 1. The Hall–Kier alpha value is -1.27. The van der Waals surface area contributed by atoms with Crippen molar-refractivity contribution in [2.45, 2.75) is 31.2 Å².